The molecule has 0 aliphatic carbocycles. The van der Waals surface area contributed by atoms with Crippen LogP contribution in [0.5, 0.6) is 5.75 Å². The molecule has 0 unspecified atom stereocenters. The van der Waals surface area contributed by atoms with E-state index in [0.717, 1.165) is 13.1 Å². The molecular formula is C25H26ClN2O2-. The van der Waals surface area contributed by atoms with Crippen molar-refractivity contribution in [2.75, 3.05) is 33.3 Å². The van der Waals surface area contributed by atoms with Gasteiger partial charge in [0.15, 0.2) is 0 Å². The van der Waals surface area contributed by atoms with Crippen LogP contribution in [-0.2, 0) is 0 Å². The molecule has 4 nitrogen and oxygen atoms in total. The molecule has 1 heterocycles. The van der Waals surface area contributed by atoms with E-state index < -0.39 is 0 Å². The van der Waals surface area contributed by atoms with Crippen molar-refractivity contribution in [1.82, 2.24) is 9.80 Å². The fraction of sp³-hybridized carbons (Fsp3) is 0.240. The van der Waals surface area contributed by atoms with Crippen molar-refractivity contribution in [1.29, 1.82) is 0 Å². The summed E-state index contributed by atoms with van der Waals surface area (Å²) < 4.78 is 5.26. The summed E-state index contributed by atoms with van der Waals surface area (Å²) in [5.74, 6) is 0.780. The molecule has 156 valence electrons. The number of piperazine rings is 1. The molecule has 1 aliphatic heterocycles. The number of amides is 1. The predicted molar refractivity (Wildman–Crippen MR) is 115 cm³/mol. The Morgan fingerprint density at radius 3 is 1.90 bits per heavy atom. The first-order valence-electron chi connectivity index (χ1n) is 10.0. The zero-order valence-electron chi connectivity index (χ0n) is 17.1. The van der Waals surface area contributed by atoms with Gasteiger partial charge < -0.3 is 22.0 Å². The van der Waals surface area contributed by atoms with Crippen LogP contribution in [0.2, 0.25) is 0 Å². The Hall–Kier alpha value is -2.82. The summed E-state index contributed by atoms with van der Waals surface area (Å²) in [6.45, 7) is 3.10. The lowest BCUT2D eigenvalue weighted by atomic mass is 9.96. The quantitative estimate of drug-likeness (QED) is 0.621. The molecule has 0 spiro atoms. The highest BCUT2D eigenvalue weighted by atomic mass is 35.5. The first kappa shape index (κ1) is 21.9. The number of benzene rings is 3. The molecule has 0 atom stereocenters. The molecule has 0 aromatic heterocycles. The second-order valence-electron chi connectivity index (χ2n) is 7.28. The van der Waals surface area contributed by atoms with E-state index in [9.17, 15) is 4.79 Å². The van der Waals surface area contributed by atoms with E-state index in [2.05, 4.69) is 65.6 Å². The number of rotatable bonds is 5. The van der Waals surface area contributed by atoms with Gasteiger partial charge in [-0.05, 0) is 29.3 Å². The smallest absolute Gasteiger partial charge is 0.254 e. The van der Waals surface area contributed by atoms with Gasteiger partial charge in [-0.1, -0.05) is 66.7 Å². The average molecular weight is 422 g/mol. The van der Waals surface area contributed by atoms with Crippen LogP contribution in [0.4, 0.5) is 0 Å². The van der Waals surface area contributed by atoms with Crippen LogP contribution < -0.4 is 17.1 Å². The summed E-state index contributed by atoms with van der Waals surface area (Å²) >= 11 is 0. The van der Waals surface area contributed by atoms with Gasteiger partial charge in [0.1, 0.15) is 5.75 Å². The standard InChI is InChI=1S/C25H26N2O2.ClH/c1-29-23-14-8-13-22(19-23)25(28)27-17-15-26(16-18-27)24(20-9-4-2-5-10-20)21-11-6-3-7-12-21;/h2-14,19,24H,15-18H2,1H3;1H/p-1. The number of nitrogens with zero attached hydrogens (tertiary/aromatic N) is 2. The molecule has 3 aromatic carbocycles. The monoisotopic (exact) mass is 421 g/mol. The van der Waals surface area contributed by atoms with Gasteiger partial charge in [-0.25, -0.2) is 0 Å². The number of carbonyl (C=O) groups is 1. The minimum Gasteiger partial charge on any atom is -1.00 e. The summed E-state index contributed by atoms with van der Waals surface area (Å²) in [4.78, 5) is 17.4. The van der Waals surface area contributed by atoms with Crippen LogP contribution in [0.1, 0.15) is 27.5 Å². The van der Waals surface area contributed by atoms with Gasteiger partial charge in [0.2, 0.25) is 0 Å². The summed E-state index contributed by atoms with van der Waals surface area (Å²) in [5, 5.41) is 0. The maximum Gasteiger partial charge on any atom is 0.254 e. The zero-order valence-corrected chi connectivity index (χ0v) is 17.8. The molecule has 1 aliphatic rings. The average Bonchev–Trinajstić information content (AvgIpc) is 2.81. The van der Waals surface area contributed by atoms with Crippen molar-refractivity contribution in [3.05, 3.63) is 102 Å². The normalized spacial score (nSPS) is 14.3. The highest BCUT2D eigenvalue weighted by molar-refractivity contribution is 5.94. The highest BCUT2D eigenvalue weighted by Gasteiger charge is 2.28. The van der Waals surface area contributed by atoms with Crippen molar-refractivity contribution >= 4 is 5.91 Å². The van der Waals surface area contributed by atoms with E-state index in [4.69, 9.17) is 4.74 Å². The van der Waals surface area contributed by atoms with Crippen molar-refractivity contribution < 1.29 is 21.9 Å². The lowest BCUT2D eigenvalue weighted by Crippen LogP contribution is -3.00. The van der Waals surface area contributed by atoms with Gasteiger partial charge in [0.25, 0.3) is 5.91 Å². The molecule has 1 fully saturated rings. The molecule has 5 heteroatoms. The maximum absolute atomic E-state index is 12.9. The van der Waals surface area contributed by atoms with E-state index >= 15 is 0 Å². The van der Waals surface area contributed by atoms with Crippen molar-refractivity contribution in [3.8, 4) is 5.75 Å². The molecule has 0 radical (unpaired) electrons. The highest BCUT2D eigenvalue weighted by Crippen LogP contribution is 2.29. The Balaban J connectivity index is 0.00000256. The third-order valence-corrected chi connectivity index (χ3v) is 5.51. The number of methoxy groups -OCH3 is 1. The van der Waals surface area contributed by atoms with E-state index in [1.54, 1.807) is 7.11 Å². The Bertz CT molecular complexity index is 902. The number of hydrogen-bond acceptors (Lipinski definition) is 3. The van der Waals surface area contributed by atoms with Crippen molar-refractivity contribution in [2.45, 2.75) is 6.04 Å². The molecule has 0 saturated carbocycles. The lowest BCUT2D eigenvalue weighted by Gasteiger charge is -2.39. The summed E-state index contributed by atoms with van der Waals surface area (Å²) in [6, 6.07) is 28.8. The summed E-state index contributed by atoms with van der Waals surface area (Å²) in [7, 11) is 1.62. The van der Waals surface area contributed by atoms with Crippen LogP contribution in [0.3, 0.4) is 0 Å². The molecule has 30 heavy (non-hydrogen) atoms. The second-order valence-corrected chi connectivity index (χ2v) is 7.28. The van der Waals surface area contributed by atoms with Crippen LogP contribution in [0, 0.1) is 0 Å². The molecule has 0 bridgehead atoms. The van der Waals surface area contributed by atoms with Gasteiger partial charge >= 0.3 is 0 Å². The Morgan fingerprint density at radius 1 is 0.800 bits per heavy atom. The Kier molecular flexibility index (Phi) is 7.50. The molecule has 4 rings (SSSR count). The van der Waals surface area contributed by atoms with Crippen molar-refractivity contribution in [3.63, 3.8) is 0 Å². The topological polar surface area (TPSA) is 32.8 Å². The van der Waals surface area contributed by atoms with Crippen LogP contribution in [-0.4, -0.2) is 49.0 Å². The first-order valence-corrected chi connectivity index (χ1v) is 10.0. The van der Waals surface area contributed by atoms with Gasteiger partial charge in [0.05, 0.1) is 13.2 Å². The largest absolute Gasteiger partial charge is 1.00 e. The van der Waals surface area contributed by atoms with E-state index in [1.807, 2.05) is 29.2 Å². The van der Waals surface area contributed by atoms with E-state index in [-0.39, 0.29) is 24.4 Å². The minimum atomic E-state index is 0. The summed E-state index contributed by atoms with van der Waals surface area (Å²) in [6.07, 6.45) is 0. The molecule has 1 saturated heterocycles. The molecule has 3 aromatic rings. The SMILES string of the molecule is COc1cccc(C(=O)N2CCN(C(c3ccccc3)c3ccccc3)CC2)c1.[Cl-]. The van der Waals surface area contributed by atoms with Gasteiger partial charge in [-0.3, -0.25) is 9.69 Å². The Morgan fingerprint density at radius 2 is 1.37 bits per heavy atom. The summed E-state index contributed by atoms with van der Waals surface area (Å²) in [5.41, 5.74) is 3.25. The number of hydrogen-bond donors (Lipinski definition) is 0. The van der Waals surface area contributed by atoms with Gasteiger partial charge in [0, 0.05) is 31.7 Å². The molecule has 0 N–H and O–H groups in total. The lowest BCUT2D eigenvalue weighted by molar-refractivity contribution is -0.0000168. The fourth-order valence-corrected chi connectivity index (χ4v) is 4.01. The second kappa shape index (κ2) is 10.3. The van der Waals surface area contributed by atoms with Crippen molar-refractivity contribution in [2.24, 2.45) is 0 Å². The Labute approximate surface area is 184 Å². The predicted octanol–water partition coefficient (Wildman–Crippen LogP) is 1.25. The third kappa shape index (κ3) is 4.84. The minimum absolute atomic E-state index is 0. The third-order valence-electron chi connectivity index (χ3n) is 5.51. The number of ether oxygens (including phenoxy) is 1. The van der Waals surface area contributed by atoms with Crippen LogP contribution >= 0.6 is 0 Å². The number of halogens is 1. The van der Waals surface area contributed by atoms with Crippen LogP contribution in [0.15, 0.2) is 84.9 Å². The number of carbonyl (C=O) groups excluding carboxylic acids is 1. The van der Waals surface area contributed by atoms with Gasteiger partial charge in [-0.15, -0.1) is 0 Å². The maximum atomic E-state index is 12.9. The molecule has 1 amide bonds. The zero-order chi connectivity index (χ0) is 20.1. The fourth-order valence-electron chi connectivity index (χ4n) is 4.01. The van der Waals surface area contributed by atoms with Gasteiger partial charge in [-0.2, -0.15) is 0 Å². The molecular weight excluding hydrogens is 396 g/mol. The van der Waals surface area contributed by atoms with E-state index in [0.29, 0.717) is 24.4 Å². The van der Waals surface area contributed by atoms with Crippen LogP contribution in [0.25, 0.3) is 0 Å². The first-order chi connectivity index (χ1) is 14.3. The van der Waals surface area contributed by atoms with E-state index in [1.165, 1.54) is 11.1 Å².